The Kier molecular flexibility index (Phi) is 2.71. The lowest BCUT2D eigenvalue weighted by atomic mass is 10.0. The quantitative estimate of drug-likeness (QED) is 0.698. The maximum atomic E-state index is 4.41. The van der Waals surface area contributed by atoms with Gasteiger partial charge in [-0.1, -0.05) is 19.9 Å². The zero-order chi connectivity index (χ0) is 9.97. The van der Waals surface area contributed by atoms with Crippen LogP contribution >= 0.6 is 0 Å². The van der Waals surface area contributed by atoms with Crippen LogP contribution in [0.1, 0.15) is 51.0 Å². The normalized spacial score (nSPS) is 17.2. The standard InChI is InChI=1S/C12H18N2/c1-10(2)11-8-13-14(9-11)12-6-4-3-5-7-12/h6,8-10H,3-5,7H2,1-2H3. The van der Waals surface area contributed by atoms with Crippen LogP contribution < -0.4 is 0 Å². The highest BCUT2D eigenvalue weighted by atomic mass is 15.3. The van der Waals surface area contributed by atoms with E-state index >= 15 is 0 Å². The minimum atomic E-state index is 0.577. The molecule has 0 amide bonds. The van der Waals surface area contributed by atoms with Gasteiger partial charge in [0, 0.05) is 11.9 Å². The minimum Gasteiger partial charge on any atom is -0.245 e. The smallest absolute Gasteiger partial charge is 0.0528 e. The van der Waals surface area contributed by atoms with Gasteiger partial charge >= 0.3 is 0 Å². The first-order valence-corrected chi connectivity index (χ1v) is 5.51. The molecule has 1 aliphatic rings. The van der Waals surface area contributed by atoms with Crippen molar-refractivity contribution in [2.75, 3.05) is 0 Å². The van der Waals surface area contributed by atoms with Gasteiger partial charge in [-0.05, 0) is 37.2 Å². The van der Waals surface area contributed by atoms with Crippen molar-refractivity contribution in [2.45, 2.75) is 45.4 Å². The molecule has 76 valence electrons. The van der Waals surface area contributed by atoms with Gasteiger partial charge in [-0.3, -0.25) is 0 Å². The number of nitrogens with zero attached hydrogens (tertiary/aromatic N) is 2. The van der Waals surface area contributed by atoms with Crippen molar-refractivity contribution in [1.29, 1.82) is 0 Å². The predicted molar refractivity (Wildman–Crippen MR) is 59.1 cm³/mol. The molecule has 2 rings (SSSR count). The van der Waals surface area contributed by atoms with Gasteiger partial charge in [0.05, 0.1) is 6.20 Å². The lowest BCUT2D eigenvalue weighted by molar-refractivity contribution is 0.698. The third-order valence-electron chi connectivity index (χ3n) is 2.83. The highest BCUT2D eigenvalue weighted by Crippen LogP contribution is 2.22. The first kappa shape index (κ1) is 9.50. The Morgan fingerprint density at radius 2 is 2.21 bits per heavy atom. The van der Waals surface area contributed by atoms with E-state index in [1.807, 2.05) is 6.20 Å². The summed E-state index contributed by atoms with van der Waals surface area (Å²) in [6.07, 6.45) is 11.5. The van der Waals surface area contributed by atoms with E-state index in [0.717, 1.165) is 0 Å². The van der Waals surface area contributed by atoms with Gasteiger partial charge in [-0.25, -0.2) is 4.68 Å². The maximum absolute atomic E-state index is 4.41. The van der Waals surface area contributed by atoms with E-state index in [1.165, 1.54) is 36.9 Å². The largest absolute Gasteiger partial charge is 0.245 e. The SMILES string of the molecule is CC(C)c1cnn(C2=CCCCC2)c1. The molecular formula is C12H18N2. The van der Waals surface area contributed by atoms with E-state index in [9.17, 15) is 0 Å². The van der Waals surface area contributed by atoms with Gasteiger partial charge in [0.25, 0.3) is 0 Å². The molecule has 0 saturated carbocycles. The number of hydrogen-bond donors (Lipinski definition) is 0. The van der Waals surface area contributed by atoms with Crippen LogP contribution in [0.2, 0.25) is 0 Å². The number of aromatic nitrogens is 2. The summed E-state index contributed by atoms with van der Waals surface area (Å²) in [5, 5.41) is 4.41. The second-order valence-electron chi connectivity index (χ2n) is 4.31. The number of hydrogen-bond acceptors (Lipinski definition) is 1. The summed E-state index contributed by atoms with van der Waals surface area (Å²) in [6.45, 7) is 4.41. The molecule has 0 N–H and O–H groups in total. The van der Waals surface area contributed by atoms with Crippen molar-refractivity contribution in [3.63, 3.8) is 0 Å². The van der Waals surface area contributed by atoms with Crippen LogP contribution in [0.15, 0.2) is 18.5 Å². The highest BCUT2D eigenvalue weighted by molar-refractivity contribution is 5.45. The molecule has 0 fully saturated rings. The minimum absolute atomic E-state index is 0.577. The molecule has 14 heavy (non-hydrogen) atoms. The second kappa shape index (κ2) is 3.99. The van der Waals surface area contributed by atoms with E-state index in [2.05, 4.69) is 35.9 Å². The van der Waals surface area contributed by atoms with Crippen molar-refractivity contribution in [2.24, 2.45) is 0 Å². The molecule has 0 spiro atoms. The number of rotatable bonds is 2. The molecule has 0 aliphatic heterocycles. The Morgan fingerprint density at radius 1 is 1.36 bits per heavy atom. The monoisotopic (exact) mass is 190 g/mol. The molecule has 0 unspecified atom stereocenters. The Labute approximate surface area is 85.6 Å². The molecular weight excluding hydrogens is 172 g/mol. The summed E-state index contributed by atoms with van der Waals surface area (Å²) in [5.41, 5.74) is 2.71. The summed E-state index contributed by atoms with van der Waals surface area (Å²) in [6, 6.07) is 0. The van der Waals surface area contributed by atoms with Crippen LogP contribution in [0.4, 0.5) is 0 Å². The molecule has 0 aromatic carbocycles. The van der Waals surface area contributed by atoms with Gasteiger partial charge in [-0.2, -0.15) is 5.10 Å². The molecule has 1 aromatic rings. The van der Waals surface area contributed by atoms with Crippen LogP contribution in [0.5, 0.6) is 0 Å². The molecule has 2 nitrogen and oxygen atoms in total. The third-order valence-corrected chi connectivity index (χ3v) is 2.83. The fourth-order valence-electron chi connectivity index (χ4n) is 1.82. The average Bonchev–Trinajstić information content (AvgIpc) is 2.68. The van der Waals surface area contributed by atoms with Gasteiger partial charge in [-0.15, -0.1) is 0 Å². The average molecular weight is 190 g/mol. The van der Waals surface area contributed by atoms with Gasteiger partial charge in [0.15, 0.2) is 0 Å². The molecule has 1 heterocycles. The lowest BCUT2D eigenvalue weighted by Gasteiger charge is -2.12. The van der Waals surface area contributed by atoms with Crippen molar-refractivity contribution < 1.29 is 0 Å². The van der Waals surface area contributed by atoms with E-state index in [4.69, 9.17) is 0 Å². The van der Waals surface area contributed by atoms with Crippen LogP contribution in [0.3, 0.4) is 0 Å². The fraction of sp³-hybridized carbons (Fsp3) is 0.583. The molecule has 0 bridgehead atoms. The molecule has 1 aromatic heterocycles. The molecule has 2 heteroatoms. The first-order valence-electron chi connectivity index (χ1n) is 5.51. The molecule has 1 aliphatic carbocycles. The number of allylic oxidation sites excluding steroid dienone is 2. The zero-order valence-electron chi connectivity index (χ0n) is 9.03. The lowest BCUT2D eigenvalue weighted by Crippen LogP contribution is -2.01. The second-order valence-corrected chi connectivity index (χ2v) is 4.31. The summed E-state index contributed by atoms with van der Waals surface area (Å²) >= 11 is 0. The van der Waals surface area contributed by atoms with E-state index in [1.54, 1.807) is 0 Å². The Balaban J connectivity index is 2.19. The molecule has 0 atom stereocenters. The Hall–Kier alpha value is -1.05. The van der Waals surface area contributed by atoms with Crippen molar-refractivity contribution in [3.05, 3.63) is 24.0 Å². The van der Waals surface area contributed by atoms with E-state index in [-0.39, 0.29) is 0 Å². The van der Waals surface area contributed by atoms with Gasteiger partial charge in [0.2, 0.25) is 0 Å². The molecule has 0 saturated heterocycles. The van der Waals surface area contributed by atoms with Crippen LogP contribution in [-0.4, -0.2) is 9.78 Å². The topological polar surface area (TPSA) is 17.8 Å². The third kappa shape index (κ3) is 1.89. The summed E-state index contributed by atoms with van der Waals surface area (Å²) in [7, 11) is 0. The Bertz CT molecular complexity index is 334. The van der Waals surface area contributed by atoms with Gasteiger partial charge < -0.3 is 0 Å². The maximum Gasteiger partial charge on any atom is 0.0528 e. The Morgan fingerprint density at radius 3 is 2.79 bits per heavy atom. The zero-order valence-corrected chi connectivity index (χ0v) is 9.03. The van der Waals surface area contributed by atoms with Crippen LogP contribution in [-0.2, 0) is 0 Å². The fourth-order valence-corrected chi connectivity index (χ4v) is 1.82. The summed E-state index contributed by atoms with van der Waals surface area (Å²) in [4.78, 5) is 0. The summed E-state index contributed by atoms with van der Waals surface area (Å²) < 4.78 is 2.05. The molecule has 0 radical (unpaired) electrons. The predicted octanol–water partition coefficient (Wildman–Crippen LogP) is 3.42. The highest BCUT2D eigenvalue weighted by Gasteiger charge is 2.08. The van der Waals surface area contributed by atoms with E-state index < -0.39 is 0 Å². The van der Waals surface area contributed by atoms with Crippen molar-refractivity contribution in [1.82, 2.24) is 9.78 Å². The van der Waals surface area contributed by atoms with E-state index in [0.29, 0.717) is 5.92 Å². The van der Waals surface area contributed by atoms with Gasteiger partial charge in [0.1, 0.15) is 0 Å². The summed E-state index contributed by atoms with van der Waals surface area (Å²) in [5.74, 6) is 0.577. The van der Waals surface area contributed by atoms with Crippen LogP contribution in [0.25, 0.3) is 5.70 Å². The van der Waals surface area contributed by atoms with Crippen molar-refractivity contribution >= 4 is 5.70 Å². The van der Waals surface area contributed by atoms with Crippen molar-refractivity contribution in [3.8, 4) is 0 Å². The first-order chi connectivity index (χ1) is 6.77. The van der Waals surface area contributed by atoms with Crippen LogP contribution in [0, 0.1) is 0 Å².